The lowest BCUT2D eigenvalue weighted by molar-refractivity contribution is -0.138. The molecule has 1 heterocycles. The zero-order valence-electron chi connectivity index (χ0n) is 5.37. The van der Waals surface area contributed by atoms with E-state index in [0.717, 1.165) is 0 Å². The van der Waals surface area contributed by atoms with Crippen molar-refractivity contribution in [3.05, 3.63) is 0 Å². The van der Waals surface area contributed by atoms with Crippen LogP contribution in [0.15, 0.2) is 0 Å². The van der Waals surface area contributed by atoms with E-state index in [9.17, 15) is 14.4 Å². The number of amides is 2. The van der Waals surface area contributed by atoms with E-state index in [0.29, 0.717) is 4.90 Å². The van der Waals surface area contributed by atoms with E-state index < -0.39 is 17.2 Å². The number of cyclic esters (lactones) is 1. The van der Waals surface area contributed by atoms with Crippen molar-refractivity contribution < 1.29 is 19.1 Å². The minimum absolute atomic E-state index is 0.0934. The van der Waals surface area contributed by atoms with Crippen LogP contribution in [0, 0.1) is 0 Å². The van der Waals surface area contributed by atoms with E-state index in [2.05, 4.69) is 4.74 Å². The maximum atomic E-state index is 10.7. The molecule has 1 rings (SSSR count). The first-order chi connectivity index (χ1) is 5.13. The van der Waals surface area contributed by atoms with Crippen LogP contribution in [-0.2, 0) is 14.3 Å². The zero-order chi connectivity index (χ0) is 8.43. The molecule has 0 saturated carbocycles. The Hall–Kier alpha value is -1.10. The van der Waals surface area contributed by atoms with Crippen LogP contribution in [0.25, 0.3) is 0 Å². The number of carbonyl (C=O) groups is 3. The van der Waals surface area contributed by atoms with Crippen LogP contribution in [0.1, 0.15) is 0 Å². The summed E-state index contributed by atoms with van der Waals surface area (Å²) in [6.45, 7) is 0.213. The molecule has 5 nitrogen and oxygen atoms in total. The standard InChI is InChI=1S/C5H4ClNO4/c6-3(8)4(9)7-1-2-11-5(7)10/h1-2H2. The minimum Gasteiger partial charge on any atom is -0.447 e. The highest BCUT2D eigenvalue weighted by Gasteiger charge is 2.31. The van der Waals surface area contributed by atoms with Crippen LogP contribution < -0.4 is 0 Å². The van der Waals surface area contributed by atoms with Crippen molar-refractivity contribution in [2.75, 3.05) is 13.2 Å². The van der Waals surface area contributed by atoms with Crippen LogP contribution >= 0.6 is 11.6 Å². The Bertz CT molecular complexity index is 227. The molecule has 0 bridgehead atoms. The predicted molar refractivity (Wildman–Crippen MR) is 33.9 cm³/mol. The summed E-state index contributed by atoms with van der Waals surface area (Å²) in [5.74, 6) is -1.03. The summed E-state index contributed by atoms with van der Waals surface area (Å²) in [7, 11) is 0. The van der Waals surface area contributed by atoms with Gasteiger partial charge in [0.2, 0.25) is 0 Å². The molecular formula is C5H4ClNO4. The molecule has 6 heteroatoms. The number of imide groups is 1. The molecule has 1 aliphatic heterocycles. The van der Waals surface area contributed by atoms with Gasteiger partial charge in [0, 0.05) is 0 Å². The van der Waals surface area contributed by atoms with Gasteiger partial charge in [-0.05, 0) is 11.6 Å². The first-order valence-corrected chi connectivity index (χ1v) is 3.19. The number of halogens is 1. The molecule has 0 aromatic carbocycles. The van der Waals surface area contributed by atoms with Gasteiger partial charge < -0.3 is 4.74 Å². The topological polar surface area (TPSA) is 63.7 Å². The van der Waals surface area contributed by atoms with Crippen LogP contribution in [0.5, 0.6) is 0 Å². The lowest BCUT2D eigenvalue weighted by Gasteiger charge is -2.05. The maximum Gasteiger partial charge on any atom is 0.417 e. The summed E-state index contributed by atoms with van der Waals surface area (Å²) >= 11 is 4.84. The van der Waals surface area contributed by atoms with E-state index >= 15 is 0 Å². The summed E-state index contributed by atoms with van der Waals surface area (Å²) in [6.07, 6.45) is -0.816. The number of hydrogen-bond acceptors (Lipinski definition) is 4. The fourth-order valence-corrected chi connectivity index (χ4v) is 0.786. The van der Waals surface area contributed by atoms with E-state index in [1.807, 2.05) is 0 Å². The van der Waals surface area contributed by atoms with Gasteiger partial charge >= 0.3 is 17.2 Å². The average Bonchev–Trinajstić information content (AvgIpc) is 2.33. The van der Waals surface area contributed by atoms with E-state index in [-0.39, 0.29) is 13.2 Å². The molecule has 0 aromatic heterocycles. The van der Waals surface area contributed by atoms with Crippen LogP contribution in [0.4, 0.5) is 4.79 Å². The molecule has 0 radical (unpaired) electrons. The summed E-state index contributed by atoms with van der Waals surface area (Å²) in [4.78, 5) is 32.2. The maximum absolute atomic E-state index is 10.7. The molecule has 0 N–H and O–H groups in total. The largest absolute Gasteiger partial charge is 0.447 e. The van der Waals surface area contributed by atoms with Gasteiger partial charge in [-0.3, -0.25) is 9.59 Å². The Balaban J connectivity index is 2.67. The Kier molecular flexibility index (Phi) is 2.09. The van der Waals surface area contributed by atoms with Gasteiger partial charge in [-0.15, -0.1) is 0 Å². The quantitative estimate of drug-likeness (QED) is 0.409. The molecule has 1 aliphatic rings. The number of carbonyl (C=O) groups excluding carboxylic acids is 3. The van der Waals surface area contributed by atoms with Crippen molar-refractivity contribution in [1.29, 1.82) is 0 Å². The van der Waals surface area contributed by atoms with E-state index in [1.165, 1.54) is 0 Å². The van der Waals surface area contributed by atoms with Crippen molar-refractivity contribution >= 4 is 28.8 Å². The molecule has 0 aliphatic carbocycles. The fraction of sp³-hybridized carbons (Fsp3) is 0.400. The second-order valence-electron chi connectivity index (χ2n) is 1.84. The third kappa shape index (κ3) is 1.48. The molecule has 0 spiro atoms. The molecule has 0 unspecified atom stereocenters. The Morgan fingerprint density at radius 3 is 2.55 bits per heavy atom. The minimum atomic E-state index is -1.18. The van der Waals surface area contributed by atoms with Gasteiger partial charge in [0.05, 0.1) is 6.54 Å². The smallest absolute Gasteiger partial charge is 0.417 e. The number of ether oxygens (including phenoxy) is 1. The summed E-state index contributed by atoms with van der Waals surface area (Å²) in [5.41, 5.74) is 0. The van der Waals surface area contributed by atoms with Gasteiger partial charge in [0.15, 0.2) is 0 Å². The molecule has 11 heavy (non-hydrogen) atoms. The number of hydrogen-bond donors (Lipinski definition) is 0. The van der Waals surface area contributed by atoms with Crippen LogP contribution in [0.2, 0.25) is 0 Å². The molecule has 0 atom stereocenters. The Morgan fingerprint density at radius 2 is 2.18 bits per heavy atom. The lowest BCUT2D eigenvalue weighted by Crippen LogP contribution is -2.35. The van der Waals surface area contributed by atoms with Crippen LogP contribution in [-0.4, -0.2) is 35.3 Å². The van der Waals surface area contributed by atoms with E-state index in [4.69, 9.17) is 11.6 Å². The summed E-state index contributed by atoms with van der Waals surface area (Å²) < 4.78 is 4.39. The van der Waals surface area contributed by atoms with Crippen molar-refractivity contribution in [3.8, 4) is 0 Å². The summed E-state index contributed by atoms with van der Waals surface area (Å²) in [6, 6.07) is 0. The first-order valence-electron chi connectivity index (χ1n) is 2.81. The van der Waals surface area contributed by atoms with Gasteiger partial charge in [-0.2, -0.15) is 0 Å². The second kappa shape index (κ2) is 2.87. The molecule has 2 amide bonds. The molecular weight excluding hydrogens is 174 g/mol. The monoisotopic (exact) mass is 177 g/mol. The molecule has 60 valence electrons. The highest BCUT2D eigenvalue weighted by Crippen LogP contribution is 2.04. The summed E-state index contributed by atoms with van der Waals surface area (Å²) in [5, 5.41) is -1.18. The average molecular weight is 178 g/mol. The third-order valence-electron chi connectivity index (χ3n) is 1.17. The van der Waals surface area contributed by atoms with Gasteiger partial charge in [0.1, 0.15) is 6.61 Å². The fourth-order valence-electron chi connectivity index (χ4n) is 0.684. The third-order valence-corrected chi connectivity index (χ3v) is 1.34. The van der Waals surface area contributed by atoms with Crippen molar-refractivity contribution in [3.63, 3.8) is 0 Å². The normalized spacial score (nSPS) is 16.5. The lowest BCUT2D eigenvalue weighted by atomic mass is 10.5. The number of nitrogens with zero attached hydrogens (tertiary/aromatic N) is 1. The van der Waals surface area contributed by atoms with Crippen molar-refractivity contribution in [2.24, 2.45) is 0 Å². The highest BCUT2D eigenvalue weighted by atomic mass is 35.5. The van der Waals surface area contributed by atoms with E-state index in [1.54, 1.807) is 0 Å². The predicted octanol–water partition coefficient (Wildman–Crippen LogP) is -0.269. The Morgan fingerprint density at radius 1 is 1.55 bits per heavy atom. The molecule has 1 saturated heterocycles. The van der Waals surface area contributed by atoms with Gasteiger partial charge in [-0.1, -0.05) is 0 Å². The number of rotatable bonds is 1. The van der Waals surface area contributed by atoms with Crippen molar-refractivity contribution in [2.45, 2.75) is 0 Å². The zero-order valence-corrected chi connectivity index (χ0v) is 6.13. The molecule has 1 fully saturated rings. The van der Waals surface area contributed by atoms with Crippen LogP contribution in [0.3, 0.4) is 0 Å². The first kappa shape index (κ1) is 8.00. The molecule has 0 aromatic rings. The van der Waals surface area contributed by atoms with Crippen molar-refractivity contribution in [1.82, 2.24) is 4.90 Å². The van der Waals surface area contributed by atoms with Gasteiger partial charge in [0.25, 0.3) is 0 Å². The van der Waals surface area contributed by atoms with Gasteiger partial charge in [-0.25, -0.2) is 9.69 Å². The highest BCUT2D eigenvalue weighted by molar-refractivity contribution is 6.81. The SMILES string of the molecule is O=C(Cl)C(=O)N1CCOC1=O. The second-order valence-corrected chi connectivity index (χ2v) is 2.19. The Labute approximate surface area is 66.9 Å².